The standard InChI is InChI=1S/C18H26N2O3/c1-19-11-3-4-14(12-19)5-10-18(23)20(2)13-17(22)15-6-8-16(21)9-7-15/h6-9,14,21H,3-5,10-13H2,1-2H3/t14-/m1/s1. The highest BCUT2D eigenvalue weighted by Crippen LogP contribution is 2.20. The smallest absolute Gasteiger partial charge is 0.222 e. The largest absolute Gasteiger partial charge is 0.508 e. The summed E-state index contributed by atoms with van der Waals surface area (Å²) in [5.74, 6) is 0.617. The summed E-state index contributed by atoms with van der Waals surface area (Å²) >= 11 is 0. The molecule has 0 saturated carbocycles. The summed E-state index contributed by atoms with van der Waals surface area (Å²) in [5.41, 5.74) is 0.511. The number of amides is 1. The number of nitrogens with zero attached hydrogens (tertiary/aromatic N) is 2. The number of carbonyl (C=O) groups excluding carboxylic acids is 2. The van der Waals surface area contributed by atoms with Crippen LogP contribution in [0, 0.1) is 5.92 Å². The number of likely N-dealkylation sites (tertiary alicyclic amines) is 1. The normalized spacial score (nSPS) is 18.6. The molecule has 1 aromatic rings. The molecule has 5 heteroatoms. The second-order valence-corrected chi connectivity index (χ2v) is 6.53. The van der Waals surface area contributed by atoms with E-state index in [4.69, 9.17) is 0 Å². The molecule has 2 rings (SSSR count). The summed E-state index contributed by atoms with van der Waals surface area (Å²) in [6, 6.07) is 6.12. The molecule has 0 radical (unpaired) electrons. The summed E-state index contributed by atoms with van der Waals surface area (Å²) in [7, 11) is 3.80. The van der Waals surface area contributed by atoms with Gasteiger partial charge in [-0.3, -0.25) is 9.59 Å². The third-order valence-corrected chi connectivity index (χ3v) is 4.48. The Labute approximate surface area is 137 Å². The zero-order chi connectivity index (χ0) is 16.8. The number of phenolic OH excluding ortho intramolecular Hbond substituents is 1. The Morgan fingerprint density at radius 3 is 2.65 bits per heavy atom. The molecule has 1 aliphatic rings. The topological polar surface area (TPSA) is 60.9 Å². The van der Waals surface area contributed by atoms with Crippen molar-refractivity contribution in [2.24, 2.45) is 5.92 Å². The third kappa shape index (κ3) is 5.36. The van der Waals surface area contributed by atoms with Gasteiger partial charge in [0.2, 0.25) is 5.91 Å². The van der Waals surface area contributed by atoms with E-state index in [1.54, 1.807) is 19.2 Å². The number of aromatic hydroxyl groups is 1. The molecular weight excluding hydrogens is 292 g/mol. The van der Waals surface area contributed by atoms with Crippen molar-refractivity contribution >= 4 is 11.7 Å². The molecule has 1 aliphatic heterocycles. The van der Waals surface area contributed by atoms with Gasteiger partial charge in [-0.1, -0.05) is 0 Å². The number of benzene rings is 1. The number of piperidine rings is 1. The number of rotatable bonds is 6. The third-order valence-electron chi connectivity index (χ3n) is 4.48. The molecule has 0 aliphatic carbocycles. The van der Waals surface area contributed by atoms with Crippen molar-refractivity contribution in [3.63, 3.8) is 0 Å². The van der Waals surface area contributed by atoms with Crippen LogP contribution in [0.1, 0.15) is 36.0 Å². The van der Waals surface area contributed by atoms with Gasteiger partial charge < -0.3 is 14.9 Å². The minimum absolute atomic E-state index is 0.0188. The van der Waals surface area contributed by atoms with Crippen LogP contribution in [0.25, 0.3) is 0 Å². The quantitative estimate of drug-likeness (QED) is 0.817. The Balaban J connectivity index is 1.78. The number of hydrogen-bond acceptors (Lipinski definition) is 4. The highest BCUT2D eigenvalue weighted by atomic mass is 16.3. The minimum atomic E-state index is -0.113. The molecule has 5 nitrogen and oxygen atoms in total. The van der Waals surface area contributed by atoms with E-state index in [0.29, 0.717) is 17.9 Å². The summed E-state index contributed by atoms with van der Waals surface area (Å²) in [5, 5.41) is 9.24. The van der Waals surface area contributed by atoms with E-state index in [0.717, 1.165) is 19.5 Å². The molecular formula is C18H26N2O3. The van der Waals surface area contributed by atoms with Crippen molar-refractivity contribution in [3.05, 3.63) is 29.8 Å². The maximum Gasteiger partial charge on any atom is 0.222 e. The fourth-order valence-electron chi connectivity index (χ4n) is 3.07. The molecule has 23 heavy (non-hydrogen) atoms. The molecule has 1 saturated heterocycles. The van der Waals surface area contributed by atoms with E-state index in [1.165, 1.54) is 29.9 Å². The van der Waals surface area contributed by atoms with Crippen LogP contribution in [0.15, 0.2) is 24.3 Å². The fraction of sp³-hybridized carbons (Fsp3) is 0.556. The molecule has 1 atom stereocenters. The van der Waals surface area contributed by atoms with Crippen molar-refractivity contribution < 1.29 is 14.7 Å². The lowest BCUT2D eigenvalue weighted by Gasteiger charge is -2.29. The van der Waals surface area contributed by atoms with Crippen molar-refractivity contribution in [1.29, 1.82) is 0 Å². The van der Waals surface area contributed by atoms with Gasteiger partial charge in [-0.25, -0.2) is 0 Å². The van der Waals surface area contributed by atoms with Gasteiger partial charge in [0.05, 0.1) is 6.54 Å². The molecule has 0 spiro atoms. The van der Waals surface area contributed by atoms with Crippen LogP contribution in [-0.4, -0.2) is 60.3 Å². The lowest BCUT2D eigenvalue weighted by Crippen LogP contribution is -2.35. The van der Waals surface area contributed by atoms with Gasteiger partial charge in [-0.2, -0.15) is 0 Å². The first-order valence-corrected chi connectivity index (χ1v) is 8.20. The molecule has 0 unspecified atom stereocenters. The summed E-state index contributed by atoms with van der Waals surface area (Å²) in [4.78, 5) is 28.2. The van der Waals surface area contributed by atoms with E-state index in [1.807, 2.05) is 0 Å². The Morgan fingerprint density at radius 1 is 1.30 bits per heavy atom. The number of ketones is 1. The number of Topliss-reactive ketones (excluding diaryl/α,β-unsaturated/α-hetero) is 1. The van der Waals surface area contributed by atoms with Crippen molar-refractivity contribution in [2.75, 3.05) is 33.7 Å². The Morgan fingerprint density at radius 2 is 2.00 bits per heavy atom. The van der Waals surface area contributed by atoms with Crippen LogP contribution >= 0.6 is 0 Å². The van der Waals surface area contributed by atoms with Gasteiger partial charge in [0.25, 0.3) is 0 Å². The van der Waals surface area contributed by atoms with E-state index in [-0.39, 0.29) is 24.0 Å². The molecule has 1 amide bonds. The Hall–Kier alpha value is -1.88. The van der Waals surface area contributed by atoms with E-state index < -0.39 is 0 Å². The lowest BCUT2D eigenvalue weighted by atomic mass is 9.93. The molecule has 0 aromatic heterocycles. The molecule has 1 aromatic carbocycles. The molecule has 1 fully saturated rings. The summed E-state index contributed by atoms with van der Waals surface area (Å²) in [6.45, 7) is 2.28. The fourth-order valence-corrected chi connectivity index (χ4v) is 3.07. The van der Waals surface area contributed by atoms with Crippen LogP contribution in [0.3, 0.4) is 0 Å². The maximum absolute atomic E-state index is 12.2. The van der Waals surface area contributed by atoms with Gasteiger partial charge in [0, 0.05) is 25.6 Å². The van der Waals surface area contributed by atoms with Crippen LogP contribution in [0.5, 0.6) is 5.75 Å². The number of likely N-dealkylation sites (N-methyl/N-ethyl adjacent to an activating group) is 1. The number of phenols is 1. The lowest BCUT2D eigenvalue weighted by molar-refractivity contribution is -0.129. The highest BCUT2D eigenvalue weighted by Gasteiger charge is 2.20. The van der Waals surface area contributed by atoms with Crippen molar-refractivity contribution in [2.45, 2.75) is 25.7 Å². The highest BCUT2D eigenvalue weighted by molar-refractivity contribution is 5.99. The zero-order valence-corrected chi connectivity index (χ0v) is 14.0. The van der Waals surface area contributed by atoms with Crippen molar-refractivity contribution in [3.8, 4) is 5.75 Å². The van der Waals surface area contributed by atoms with Crippen LogP contribution < -0.4 is 0 Å². The van der Waals surface area contributed by atoms with E-state index in [2.05, 4.69) is 11.9 Å². The van der Waals surface area contributed by atoms with Crippen LogP contribution in [0.4, 0.5) is 0 Å². The summed E-state index contributed by atoms with van der Waals surface area (Å²) < 4.78 is 0. The average Bonchev–Trinajstić information content (AvgIpc) is 2.53. The van der Waals surface area contributed by atoms with E-state index in [9.17, 15) is 14.7 Å². The monoisotopic (exact) mass is 318 g/mol. The van der Waals surface area contributed by atoms with Gasteiger partial charge in [-0.15, -0.1) is 0 Å². The summed E-state index contributed by atoms with van der Waals surface area (Å²) in [6.07, 6.45) is 3.77. The second-order valence-electron chi connectivity index (χ2n) is 6.53. The first kappa shape index (κ1) is 17.5. The Kier molecular flexibility index (Phi) is 6.16. The zero-order valence-electron chi connectivity index (χ0n) is 14.0. The van der Waals surface area contributed by atoms with Gasteiger partial charge in [0.15, 0.2) is 5.78 Å². The Bertz CT molecular complexity index is 542. The maximum atomic E-state index is 12.2. The first-order chi connectivity index (χ1) is 11.0. The van der Waals surface area contributed by atoms with Gasteiger partial charge in [-0.05, 0) is 63.0 Å². The molecule has 126 valence electrons. The minimum Gasteiger partial charge on any atom is -0.508 e. The molecule has 0 bridgehead atoms. The predicted molar refractivity (Wildman–Crippen MR) is 89.5 cm³/mol. The van der Waals surface area contributed by atoms with Gasteiger partial charge in [0.1, 0.15) is 5.75 Å². The van der Waals surface area contributed by atoms with Gasteiger partial charge >= 0.3 is 0 Å². The molecule has 1 N–H and O–H groups in total. The second kappa shape index (κ2) is 8.11. The van der Waals surface area contributed by atoms with Crippen LogP contribution in [0.2, 0.25) is 0 Å². The average molecular weight is 318 g/mol. The van der Waals surface area contributed by atoms with Crippen molar-refractivity contribution in [1.82, 2.24) is 9.80 Å². The van der Waals surface area contributed by atoms with Crippen LogP contribution in [-0.2, 0) is 4.79 Å². The number of carbonyl (C=O) groups is 2. The predicted octanol–water partition coefficient (Wildman–Crippen LogP) is 2.16. The SMILES string of the molecule is CN1CCC[C@H](CCC(=O)N(C)CC(=O)c2ccc(O)cc2)C1. The molecule has 1 heterocycles. The number of hydrogen-bond donors (Lipinski definition) is 1. The first-order valence-electron chi connectivity index (χ1n) is 8.20. The van der Waals surface area contributed by atoms with E-state index >= 15 is 0 Å².